The molecule has 0 aliphatic heterocycles. The van der Waals surface area contributed by atoms with E-state index in [1.807, 2.05) is 5.38 Å². The number of anilines is 1. The molecule has 1 atom stereocenters. The molecular formula is C12H14N4O2S. The highest BCUT2D eigenvalue weighted by atomic mass is 32.1. The van der Waals surface area contributed by atoms with Crippen molar-refractivity contribution in [3.8, 4) is 0 Å². The van der Waals surface area contributed by atoms with Crippen molar-refractivity contribution in [3.63, 3.8) is 0 Å². The van der Waals surface area contributed by atoms with E-state index in [9.17, 15) is 4.79 Å². The van der Waals surface area contributed by atoms with Gasteiger partial charge in [-0.1, -0.05) is 6.92 Å². The molecule has 0 saturated carbocycles. The third-order valence-corrected chi connectivity index (χ3v) is 3.53. The summed E-state index contributed by atoms with van der Waals surface area (Å²) in [7, 11) is 1.31. The molecule has 2 aromatic rings. The number of methoxy groups -OCH3 is 1. The lowest BCUT2D eigenvalue weighted by Gasteiger charge is -2.10. The maximum absolute atomic E-state index is 11.2. The summed E-state index contributed by atoms with van der Waals surface area (Å²) >= 11 is 1.63. The van der Waals surface area contributed by atoms with Gasteiger partial charge in [0.25, 0.3) is 0 Å². The van der Waals surface area contributed by atoms with Gasteiger partial charge in [0.1, 0.15) is 5.82 Å². The Bertz CT molecular complexity index is 527. The third-order valence-electron chi connectivity index (χ3n) is 2.52. The van der Waals surface area contributed by atoms with Crippen LogP contribution in [-0.4, -0.2) is 34.8 Å². The standard InChI is InChI=1S/C12H14N4O2S/c1-8(11-13-5-6-19-11)7-14-10-4-3-9(15-16-10)12(17)18-2/h3-6,8H,7H2,1-2H3,(H,14,16). The maximum atomic E-state index is 11.2. The smallest absolute Gasteiger partial charge is 0.358 e. The number of hydrogen-bond donors (Lipinski definition) is 1. The zero-order valence-electron chi connectivity index (χ0n) is 10.7. The first-order chi connectivity index (χ1) is 9.20. The van der Waals surface area contributed by atoms with E-state index in [0.717, 1.165) is 5.01 Å². The third kappa shape index (κ3) is 3.47. The van der Waals surface area contributed by atoms with Gasteiger partial charge in [0.15, 0.2) is 5.69 Å². The zero-order valence-corrected chi connectivity index (χ0v) is 11.5. The Morgan fingerprint density at radius 3 is 2.89 bits per heavy atom. The fourth-order valence-corrected chi connectivity index (χ4v) is 2.16. The summed E-state index contributed by atoms with van der Waals surface area (Å²) in [5.41, 5.74) is 0.195. The Labute approximate surface area is 114 Å². The van der Waals surface area contributed by atoms with E-state index < -0.39 is 5.97 Å². The van der Waals surface area contributed by atoms with Crippen LogP contribution in [0.2, 0.25) is 0 Å². The first-order valence-electron chi connectivity index (χ1n) is 5.76. The van der Waals surface area contributed by atoms with Crippen LogP contribution in [0.15, 0.2) is 23.7 Å². The Morgan fingerprint density at radius 2 is 2.32 bits per heavy atom. The number of nitrogens with zero attached hydrogens (tertiary/aromatic N) is 3. The van der Waals surface area contributed by atoms with Crippen LogP contribution in [-0.2, 0) is 4.74 Å². The highest BCUT2D eigenvalue weighted by Crippen LogP contribution is 2.17. The molecule has 2 heterocycles. The summed E-state index contributed by atoms with van der Waals surface area (Å²) < 4.78 is 4.55. The highest BCUT2D eigenvalue weighted by Gasteiger charge is 2.10. The minimum atomic E-state index is -0.491. The summed E-state index contributed by atoms with van der Waals surface area (Å²) in [5, 5.41) is 13.9. The molecule has 6 nitrogen and oxygen atoms in total. The van der Waals surface area contributed by atoms with Gasteiger partial charge in [-0.25, -0.2) is 9.78 Å². The molecule has 0 aliphatic rings. The topological polar surface area (TPSA) is 77.0 Å². The molecule has 1 unspecified atom stereocenters. The number of esters is 1. The zero-order chi connectivity index (χ0) is 13.7. The average Bonchev–Trinajstić information content (AvgIpc) is 2.98. The summed E-state index contributed by atoms with van der Waals surface area (Å²) in [6.45, 7) is 2.79. The minimum absolute atomic E-state index is 0.195. The molecule has 7 heteroatoms. The van der Waals surface area contributed by atoms with Gasteiger partial charge in [-0.2, -0.15) is 0 Å². The minimum Gasteiger partial charge on any atom is -0.464 e. The number of hydrogen-bond acceptors (Lipinski definition) is 7. The SMILES string of the molecule is COC(=O)c1ccc(NCC(C)c2nccs2)nn1. The molecule has 19 heavy (non-hydrogen) atoms. The number of ether oxygens (including phenoxy) is 1. The van der Waals surface area contributed by atoms with Crippen LogP contribution in [0.3, 0.4) is 0 Å². The van der Waals surface area contributed by atoms with Gasteiger partial charge in [0, 0.05) is 24.0 Å². The number of carbonyl (C=O) groups excluding carboxylic acids is 1. The number of thiazole rings is 1. The molecule has 0 aliphatic carbocycles. The summed E-state index contributed by atoms with van der Waals surface area (Å²) in [4.78, 5) is 15.5. The van der Waals surface area contributed by atoms with E-state index in [4.69, 9.17) is 0 Å². The Hall–Kier alpha value is -2.02. The number of carbonyl (C=O) groups is 1. The molecule has 100 valence electrons. The van der Waals surface area contributed by atoms with Crippen molar-refractivity contribution in [1.29, 1.82) is 0 Å². The Balaban J connectivity index is 1.91. The van der Waals surface area contributed by atoms with Crippen molar-refractivity contribution in [1.82, 2.24) is 15.2 Å². The molecule has 0 bridgehead atoms. The molecule has 0 aromatic carbocycles. The van der Waals surface area contributed by atoms with Crippen molar-refractivity contribution in [3.05, 3.63) is 34.4 Å². The van der Waals surface area contributed by atoms with Crippen molar-refractivity contribution < 1.29 is 9.53 Å². The van der Waals surface area contributed by atoms with Crippen molar-refractivity contribution in [2.75, 3.05) is 19.0 Å². The fourth-order valence-electron chi connectivity index (χ4n) is 1.46. The number of rotatable bonds is 5. The highest BCUT2D eigenvalue weighted by molar-refractivity contribution is 7.09. The summed E-state index contributed by atoms with van der Waals surface area (Å²) in [5.74, 6) is 0.424. The molecule has 0 spiro atoms. The monoisotopic (exact) mass is 278 g/mol. The molecule has 2 aromatic heterocycles. The molecule has 0 amide bonds. The molecule has 2 rings (SSSR count). The lowest BCUT2D eigenvalue weighted by Crippen LogP contribution is -2.12. The predicted molar refractivity (Wildman–Crippen MR) is 72.4 cm³/mol. The maximum Gasteiger partial charge on any atom is 0.358 e. The van der Waals surface area contributed by atoms with Crippen molar-refractivity contribution >= 4 is 23.1 Å². The van der Waals surface area contributed by atoms with Gasteiger partial charge in [-0.3, -0.25) is 0 Å². The van der Waals surface area contributed by atoms with Crippen LogP contribution < -0.4 is 5.32 Å². The lowest BCUT2D eigenvalue weighted by molar-refractivity contribution is 0.0593. The first-order valence-corrected chi connectivity index (χ1v) is 6.64. The summed E-state index contributed by atoms with van der Waals surface area (Å²) in [6.07, 6.45) is 1.79. The second-order valence-electron chi connectivity index (χ2n) is 3.95. The Kier molecular flexibility index (Phi) is 4.40. The van der Waals surface area contributed by atoms with E-state index in [0.29, 0.717) is 18.3 Å². The predicted octanol–water partition coefficient (Wildman–Crippen LogP) is 1.94. The largest absolute Gasteiger partial charge is 0.464 e. The second-order valence-corrected chi connectivity index (χ2v) is 4.87. The molecular weight excluding hydrogens is 264 g/mol. The van der Waals surface area contributed by atoms with Crippen LogP contribution in [0.5, 0.6) is 0 Å². The molecule has 0 fully saturated rings. The quantitative estimate of drug-likeness (QED) is 0.842. The lowest BCUT2D eigenvalue weighted by atomic mass is 10.2. The van der Waals surface area contributed by atoms with Gasteiger partial charge in [-0.15, -0.1) is 21.5 Å². The van der Waals surface area contributed by atoms with Gasteiger partial charge in [0.2, 0.25) is 0 Å². The van der Waals surface area contributed by atoms with E-state index in [1.165, 1.54) is 7.11 Å². The Morgan fingerprint density at radius 1 is 1.47 bits per heavy atom. The average molecular weight is 278 g/mol. The normalized spacial score (nSPS) is 11.9. The van der Waals surface area contributed by atoms with Crippen LogP contribution in [0.25, 0.3) is 0 Å². The van der Waals surface area contributed by atoms with Gasteiger partial charge in [-0.05, 0) is 12.1 Å². The van der Waals surface area contributed by atoms with E-state index >= 15 is 0 Å². The number of aromatic nitrogens is 3. The summed E-state index contributed by atoms with van der Waals surface area (Å²) in [6, 6.07) is 3.28. The van der Waals surface area contributed by atoms with Crippen molar-refractivity contribution in [2.24, 2.45) is 0 Å². The molecule has 0 saturated heterocycles. The van der Waals surface area contributed by atoms with Crippen LogP contribution in [0, 0.1) is 0 Å². The van der Waals surface area contributed by atoms with Crippen LogP contribution in [0.1, 0.15) is 28.3 Å². The van der Waals surface area contributed by atoms with Gasteiger partial charge >= 0.3 is 5.97 Å². The van der Waals surface area contributed by atoms with Gasteiger partial charge in [0.05, 0.1) is 12.1 Å². The number of nitrogens with one attached hydrogen (secondary N) is 1. The van der Waals surface area contributed by atoms with Gasteiger partial charge < -0.3 is 10.1 Å². The molecule has 1 N–H and O–H groups in total. The second kappa shape index (κ2) is 6.24. The van der Waals surface area contributed by atoms with Crippen molar-refractivity contribution in [2.45, 2.75) is 12.8 Å². The first kappa shape index (κ1) is 13.4. The molecule has 0 radical (unpaired) electrons. The van der Waals surface area contributed by atoms with Crippen LogP contribution >= 0.6 is 11.3 Å². The van der Waals surface area contributed by atoms with E-state index in [2.05, 4.69) is 32.2 Å². The van der Waals surface area contributed by atoms with Crippen LogP contribution in [0.4, 0.5) is 5.82 Å². The van der Waals surface area contributed by atoms with E-state index in [1.54, 1.807) is 29.7 Å². The fraction of sp³-hybridized carbons (Fsp3) is 0.333. The van der Waals surface area contributed by atoms with E-state index in [-0.39, 0.29) is 5.69 Å².